The van der Waals surface area contributed by atoms with E-state index in [2.05, 4.69) is 0 Å². The molecule has 0 fully saturated rings. The summed E-state index contributed by atoms with van der Waals surface area (Å²) in [4.78, 5) is 36.6. The molecule has 10 heteroatoms. The topological polar surface area (TPSA) is 123 Å². The average Bonchev–Trinajstić information content (AvgIpc) is 2.88. The number of hydrogen-bond donors (Lipinski definition) is 5. The van der Waals surface area contributed by atoms with Gasteiger partial charge in [0, 0.05) is 0 Å². The van der Waals surface area contributed by atoms with Crippen LogP contribution in [0.15, 0.2) is 12.1 Å². The van der Waals surface area contributed by atoms with Gasteiger partial charge in [0.05, 0.1) is 24.3 Å². The molecule has 0 amide bonds. The second-order valence-corrected chi connectivity index (χ2v) is 8.54. The molecule has 0 atom stereocenters. The SMILES string of the molecule is CCC1(CC)c2cc(COP(O)O)c(COP(O)O)cc2C(CC)(CC)N1O. The fraction of sp³-hybridized carbons (Fsp3) is 0.667. The molecule has 0 aromatic heterocycles. The lowest BCUT2D eigenvalue weighted by Crippen LogP contribution is -2.48. The smallest absolute Gasteiger partial charge is 0.327 e. The van der Waals surface area contributed by atoms with E-state index in [-0.39, 0.29) is 13.2 Å². The van der Waals surface area contributed by atoms with Gasteiger partial charge >= 0.3 is 17.2 Å². The predicted octanol–water partition coefficient (Wildman–Crippen LogP) is 3.88. The summed E-state index contributed by atoms with van der Waals surface area (Å²) in [5.41, 5.74) is 2.18. The van der Waals surface area contributed by atoms with E-state index < -0.39 is 28.3 Å². The normalized spacial score (nSPS) is 18.2. The van der Waals surface area contributed by atoms with Crippen LogP contribution in [0.3, 0.4) is 0 Å². The fourth-order valence-electron chi connectivity index (χ4n) is 4.48. The Hall–Kier alpha value is -0.240. The summed E-state index contributed by atoms with van der Waals surface area (Å²) in [5, 5.41) is 12.8. The van der Waals surface area contributed by atoms with Crippen LogP contribution in [0.1, 0.15) is 75.6 Å². The minimum atomic E-state index is -2.52. The molecule has 160 valence electrons. The molecule has 0 unspecified atom stereocenters. The largest absolute Gasteiger partial charge is 0.328 e. The van der Waals surface area contributed by atoms with Gasteiger partial charge in [0.2, 0.25) is 0 Å². The summed E-state index contributed by atoms with van der Waals surface area (Å²) in [6, 6.07) is 3.85. The molecule has 1 aliphatic rings. The maximum absolute atomic E-state index is 11.3. The van der Waals surface area contributed by atoms with Gasteiger partial charge in [0.1, 0.15) is 0 Å². The molecule has 0 saturated heterocycles. The molecule has 1 heterocycles. The molecule has 8 nitrogen and oxygen atoms in total. The van der Waals surface area contributed by atoms with Crippen molar-refractivity contribution >= 4 is 17.2 Å². The van der Waals surface area contributed by atoms with Crippen molar-refractivity contribution in [1.82, 2.24) is 5.06 Å². The summed E-state index contributed by atoms with van der Waals surface area (Å²) in [6.07, 6.45) is 2.82. The summed E-state index contributed by atoms with van der Waals surface area (Å²) in [7, 11) is -5.05. The van der Waals surface area contributed by atoms with E-state index in [4.69, 9.17) is 28.6 Å². The van der Waals surface area contributed by atoms with Crippen molar-refractivity contribution < 1.29 is 33.8 Å². The van der Waals surface area contributed by atoms with E-state index in [1.165, 1.54) is 5.06 Å². The van der Waals surface area contributed by atoms with Crippen molar-refractivity contribution in [3.05, 3.63) is 34.4 Å². The van der Waals surface area contributed by atoms with Crippen LogP contribution in [0.2, 0.25) is 0 Å². The Balaban J connectivity index is 2.67. The Bertz CT molecular complexity index is 609. The lowest BCUT2D eigenvalue weighted by molar-refractivity contribution is -0.241. The van der Waals surface area contributed by atoms with E-state index in [1.807, 2.05) is 39.8 Å². The number of fused-ring (bicyclic) bond motifs is 1. The van der Waals surface area contributed by atoms with Crippen molar-refractivity contribution in [2.24, 2.45) is 0 Å². The van der Waals surface area contributed by atoms with Crippen LogP contribution in [-0.2, 0) is 33.3 Å². The van der Waals surface area contributed by atoms with Gasteiger partial charge in [-0.2, -0.15) is 5.06 Å². The first-order valence-corrected chi connectivity index (χ1v) is 11.8. The Morgan fingerprint density at radius 1 is 0.750 bits per heavy atom. The zero-order chi connectivity index (χ0) is 21.1. The van der Waals surface area contributed by atoms with Gasteiger partial charge < -0.3 is 33.8 Å². The quantitative estimate of drug-likeness (QED) is 0.351. The molecule has 0 bridgehead atoms. The first-order chi connectivity index (χ1) is 13.2. The minimum Gasteiger partial charge on any atom is -0.328 e. The third kappa shape index (κ3) is 4.14. The Morgan fingerprint density at radius 2 is 1.07 bits per heavy atom. The van der Waals surface area contributed by atoms with Crippen molar-refractivity contribution in [2.75, 3.05) is 0 Å². The first kappa shape index (κ1) is 24.0. The Kier molecular flexibility index (Phi) is 8.34. The lowest BCUT2D eigenvalue weighted by atomic mass is 9.80. The van der Waals surface area contributed by atoms with Gasteiger partial charge in [-0.15, -0.1) is 0 Å². The highest BCUT2D eigenvalue weighted by Gasteiger charge is 2.55. The van der Waals surface area contributed by atoms with Gasteiger partial charge in [0.15, 0.2) is 0 Å². The summed E-state index contributed by atoms with van der Waals surface area (Å²) in [6.45, 7) is 8.04. The van der Waals surface area contributed by atoms with E-state index in [1.54, 1.807) is 0 Å². The van der Waals surface area contributed by atoms with Crippen LogP contribution in [-0.4, -0.2) is 29.8 Å². The molecular weight excluding hydrogens is 404 g/mol. The minimum absolute atomic E-state index is 0.0559. The van der Waals surface area contributed by atoms with Crippen molar-refractivity contribution in [1.29, 1.82) is 0 Å². The third-order valence-corrected chi connectivity index (χ3v) is 6.88. The van der Waals surface area contributed by atoms with Crippen molar-refractivity contribution in [3.8, 4) is 0 Å². The second kappa shape index (κ2) is 9.71. The summed E-state index contributed by atoms with van der Waals surface area (Å²) >= 11 is 0. The molecule has 5 N–H and O–H groups in total. The Labute approximate surface area is 168 Å². The van der Waals surface area contributed by atoms with Crippen molar-refractivity contribution in [3.63, 3.8) is 0 Å². The van der Waals surface area contributed by atoms with Crippen LogP contribution >= 0.6 is 17.2 Å². The highest BCUT2D eigenvalue weighted by molar-refractivity contribution is 7.39. The second-order valence-electron chi connectivity index (χ2n) is 7.01. The molecular formula is C18H31NO7P2. The molecule has 1 aliphatic heterocycles. The molecule has 0 radical (unpaired) electrons. The highest BCUT2D eigenvalue weighted by atomic mass is 31.2. The standard InChI is InChI=1S/C18H31NO7P2/c1-5-17(6-2)15-9-13(11-25-27(21)22)14(12-26-28(23)24)10-16(15)18(7-3,8-4)19(17)20/h9-10,20-24H,5-8,11-12H2,1-4H3. The maximum Gasteiger partial charge on any atom is 0.327 e. The van der Waals surface area contributed by atoms with Crippen LogP contribution in [0.25, 0.3) is 0 Å². The molecule has 2 rings (SSSR count). The van der Waals surface area contributed by atoms with E-state index in [9.17, 15) is 5.21 Å². The number of benzene rings is 1. The van der Waals surface area contributed by atoms with E-state index in [0.29, 0.717) is 36.8 Å². The van der Waals surface area contributed by atoms with Crippen LogP contribution in [0, 0.1) is 0 Å². The lowest BCUT2D eigenvalue weighted by Gasteiger charge is -2.42. The number of nitrogens with zero attached hydrogens (tertiary/aromatic N) is 1. The predicted molar refractivity (Wildman–Crippen MR) is 107 cm³/mol. The zero-order valence-electron chi connectivity index (χ0n) is 16.8. The maximum atomic E-state index is 11.3. The van der Waals surface area contributed by atoms with Gasteiger partial charge in [0.25, 0.3) is 0 Å². The number of hydroxylamine groups is 2. The molecule has 1 aromatic rings. The number of rotatable bonds is 10. The molecule has 0 aliphatic carbocycles. The van der Waals surface area contributed by atoms with E-state index >= 15 is 0 Å². The van der Waals surface area contributed by atoms with Crippen molar-refractivity contribution in [2.45, 2.75) is 77.7 Å². The molecule has 0 saturated carbocycles. The number of hydrogen-bond acceptors (Lipinski definition) is 8. The summed E-state index contributed by atoms with van der Waals surface area (Å²) < 4.78 is 10.1. The van der Waals surface area contributed by atoms with Gasteiger partial charge in [-0.25, -0.2) is 0 Å². The molecule has 28 heavy (non-hydrogen) atoms. The van der Waals surface area contributed by atoms with Gasteiger partial charge in [-0.1, -0.05) is 39.8 Å². The molecule has 1 aromatic carbocycles. The van der Waals surface area contributed by atoms with E-state index in [0.717, 1.165) is 11.1 Å². The van der Waals surface area contributed by atoms with Crippen LogP contribution in [0.4, 0.5) is 0 Å². The van der Waals surface area contributed by atoms with Crippen LogP contribution in [0.5, 0.6) is 0 Å². The van der Waals surface area contributed by atoms with Gasteiger partial charge in [-0.3, -0.25) is 0 Å². The third-order valence-electron chi connectivity index (χ3n) is 6.16. The first-order valence-electron chi connectivity index (χ1n) is 9.49. The fourth-order valence-corrected chi connectivity index (χ4v) is 4.99. The monoisotopic (exact) mass is 435 g/mol. The summed E-state index contributed by atoms with van der Waals surface area (Å²) in [5.74, 6) is 0. The average molecular weight is 435 g/mol. The molecule has 0 spiro atoms. The van der Waals surface area contributed by atoms with Crippen LogP contribution < -0.4 is 0 Å². The zero-order valence-corrected chi connectivity index (χ0v) is 18.6. The highest BCUT2D eigenvalue weighted by Crippen LogP contribution is 2.55. The van der Waals surface area contributed by atoms with Gasteiger partial charge in [-0.05, 0) is 47.9 Å². The Morgan fingerprint density at radius 3 is 1.32 bits per heavy atom.